The van der Waals surface area contributed by atoms with Crippen LogP contribution in [0.4, 0.5) is 11.4 Å². The summed E-state index contributed by atoms with van der Waals surface area (Å²) in [6, 6.07) is 15.0. The molecule has 136 valence electrons. The van der Waals surface area contributed by atoms with E-state index in [1.807, 2.05) is 48.5 Å². The molecule has 0 unspecified atom stereocenters. The Morgan fingerprint density at radius 1 is 1.15 bits per heavy atom. The van der Waals surface area contributed by atoms with Crippen molar-refractivity contribution in [2.45, 2.75) is 19.8 Å². The van der Waals surface area contributed by atoms with Crippen LogP contribution in [-0.4, -0.2) is 27.9 Å². The maximum absolute atomic E-state index is 13.0. The van der Waals surface area contributed by atoms with Crippen LogP contribution < -0.4 is 10.2 Å². The second-order valence-electron chi connectivity index (χ2n) is 6.41. The fourth-order valence-corrected chi connectivity index (χ4v) is 3.78. The summed E-state index contributed by atoms with van der Waals surface area (Å²) >= 11 is 1.07. The Labute approximate surface area is 161 Å². The van der Waals surface area contributed by atoms with Gasteiger partial charge in [-0.25, -0.2) is 0 Å². The number of nitrogens with zero attached hydrogens (tertiary/aromatic N) is 3. The minimum atomic E-state index is -0.237. The summed E-state index contributed by atoms with van der Waals surface area (Å²) < 4.78 is 3.80. The molecule has 27 heavy (non-hydrogen) atoms. The molecule has 4 rings (SSSR count). The van der Waals surface area contributed by atoms with Gasteiger partial charge in [0.15, 0.2) is 0 Å². The molecule has 3 aromatic rings. The van der Waals surface area contributed by atoms with E-state index in [9.17, 15) is 9.59 Å². The molecular weight excluding hydrogens is 360 g/mol. The van der Waals surface area contributed by atoms with Crippen LogP contribution in [0, 0.1) is 6.92 Å². The molecule has 1 aliphatic heterocycles. The fourth-order valence-electron chi connectivity index (χ4n) is 3.23. The lowest BCUT2D eigenvalue weighted by atomic mass is 10.00. The zero-order valence-electron chi connectivity index (χ0n) is 14.8. The number of carbonyl (C=O) groups excluding carboxylic acids is 2. The number of carbonyl (C=O) groups is 2. The number of aromatic nitrogens is 2. The molecule has 2 aromatic carbocycles. The van der Waals surface area contributed by atoms with Gasteiger partial charge < -0.3 is 10.2 Å². The molecule has 2 amide bonds. The molecule has 1 aliphatic rings. The van der Waals surface area contributed by atoms with Crippen LogP contribution in [-0.2, 0) is 6.42 Å². The number of nitrogens with one attached hydrogen (secondary N) is 1. The van der Waals surface area contributed by atoms with Gasteiger partial charge in [-0.15, -0.1) is 5.10 Å². The highest BCUT2D eigenvalue weighted by molar-refractivity contribution is 7.08. The van der Waals surface area contributed by atoms with E-state index in [0.717, 1.165) is 35.6 Å². The number of anilines is 2. The monoisotopic (exact) mass is 378 g/mol. The van der Waals surface area contributed by atoms with Gasteiger partial charge in [-0.1, -0.05) is 28.8 Å². The van der Waals surface area contributed by atoms with Crippen molar-refractivity contribution in [2.24, 2.45) is 0 Å². The molecule has 6 nitrogen and oxygen atoms in total. The summed E-state index contributed by atoms with van der Waals surface area (Å²) in [5, 5.41) is 6.76. The third-order valence-corrected chi connectivity index (χ3v) is 5.41. The molecule has 1 N–H and O–H groups in total. The van der Waals surface area contributed by atoms with Crippen LogP contribution in [0.3, 0.4) is 0 Å². The van der Waals surface area contributed by atoms with Gasteiger partial charge in [0.1, 0.15) is 4.88 Å². The van der Waals surface area contributed by atoms with E-state index >= 15 is 0 Å². The maximum Gasteiger partial charge on any atom is 0.269 e. The largest absolute Gasteiger partial charge is 0.321 e. The summed E-state index contributed by atoms with van der Waals surface area (Å²) in [5.74, 6) is -0.262. The van der Waals surface area contributed by atoms with Crippen molar-refractivity contribution < 1.29 is 9.59 Å². The highest BCUT2D eigenvalue weighted by Gasteiger charge is 2.24. The third kappa shape index (κ3) is 3.46. The number of hydrogen-bond acceptors (Lipinski definition) is 5. The van der Waals surface area contributed by atoms with Gasteiger partial charge in [0, 0.05) is 23.5 Å². The smallest absolute Gasteiger partial charge is 0.269 e. The Morgan fingerprint density at radius 2 is 1.96 bits per heavy atom. The minimum Gasteiger partial charge on any atom is -0.321 e. The minimum absolute atomic E-state index is 0.0254. The zero-order chi connectivity index (χ0) is 18.8. The Hall–Kier alpha value is -3.06. The van der Waals surface area contributed by atoms with E-state index in [-0.39, 0.29) is 11.8 Å². The molecular formula is C20H18N4O2S. The molecule has 0 aliphatic carbocycles. The molecule has 1 aromatic heterocycles. The number of amides is 2. The van der Waals surface area contributed by atoms with Gasteiger partial charge in [0.25, 0.3) is 11.8 Å². The topological polar surface area (TPSA) is 75.2 Å². The first kappa shape index (κ1) is 17.4. The molecule has 7 heteroatoms. The maximum atomic E-state index is 13.0. The average molecular weight is 378 g/mol. The zero-order valence-corrected chi connectivity index (χ0v) is 15.6. The van der Waals surface area contributed by atoms with Gasteiger partial charge in [0.2, 0.25) is 0 Å². The van der Waals surface area contributed by atoms with Crippen LogP contribution in [0.25, 0.3) is 0 Å². The van der Waals surface area contributed by atoms with Crippen LogP contribution in [0.2, 0.25) is 0 Å². The lowest BCUT2D eigenvalue weighted by Crippen LogP contribution is -2.35. The second kappa shape index (κ2) is 7.28. The van der Waals surface area contributed by atoms with Crippen molar-refractivity contribution in [2.75, 3.05) is 16.8 Å². The fraction of sp³-hybridized carbons (Fsp3) is 0.200. The van der Waals surface area contributed by atoms with E-state index in [2.05, 4.69) is 14.9 Å². The number of hydrogen-bond donors (Lipinski definition) is 1. The van der Waals surface area contributed by atoms with Gasteiger partial charge in [-0.05, 0) is 61.1 Å². The van der Waals surface area contributed by atoms with E-state index in [1.54, 1.807) is 11.8 Å². The van der Waals surface area contributed by atoms with Gasteiger partial charge in [-0.3, -0.25) is 9.59 Å². The Bertz CT molecular complexity index is 1000. The highest BCUT2D eigenvalue weighted by atomic mass is 32.1. The lowest BCUT2D eigenvalue weighted by Gasteiger charge is -2.30. The van der Waals surface area contributed by atoms with E-state index in [1.165, 1.54) is 0 Å². The van der Waals surface area contributed by atoms with Crippen LogP contribution >= 0.6 is 11.5 Å². The molecule has 0 saturated carbocycles. The standard InChI is InChI=1S/C20H18N4O2S/c1-13-18(27-23-22-13)19(25)21-16-10-9-14-8-5-11-24(17(14)12-16)20(26)15-6-3-2-4-7-15/h2-4,6-7,9-10,12H,5,8,11H2,1H3,(H,21,25). The van der Waals surface area contributed by atoms with Crippen molar-refractivity contribution >= 4 is 34.7 Å². The van der Waals surface area contributed by atoms with Crippen molar-refractivity contribution in [3.63, 3.8) is 0 Å². The number of aryl methyl sites for hydroxylation is 2. The summed E-state index contributed by atoms with van der Waals surface area (Å²) in [5.41, 5.74) is 3.88. The first-order valence-corrected chi connectivity index (χ1v) is 9.51. The Morgan fingerprint density at radius 3 is 2.70 bits per heavy atom. The predicted octanol–water partition coefficient (Wildman–Crippen LogP) is 3.69. The lowest BCUT2D eigenvalue weighted by molar-refractivity contribution is 0.0984. The Balaban J connectivity index is 1.62. The molecule has 0 fully saturated rings. The number of rotatable bonds is 3. The van der Waals surface area contributed by atoms with Crippen LogP contribution in [0.1, 0.15) is 37.7 Å². The molecule has 0 atom stereocenters. The second-order valence-corrected chi connectivity index (χ2v) is 7.17. The first-order chi connectivity index (χ1) is 13.1. The summed E-state index contributed by atoms with van der Waals surface area (Å²) in [6.07, 6.45) is 1.84. The van der Waals surface area contributed by atoms with Gasteiger partial charge in [0.05, 0.1) is 5.69 Å². The first-order valence-electron chi connectivity index (χ1n) is 8.73. The predicted molar refractivity (Wildman–Crippen MR) is 105 cm³/mol. The summed E-state index contributed by atoms with van der Waals surface area (Å²) in [7, 11) is 0. The van der Waals surface area contributed by atoms with E-state index in [0.29, 0.717) is 28.4 Å². The SMILES string of the molecule is Cc1nnsc1C(=O)Nc1ccc2c(c1)N(C(=O)c1ccccc1)CCC2. The normalized spacial score (nSPS) is 13.1. The van der Waals surface area contributed by atoms with E-state index in [4.69, 9.17) is 0 Å². The molecule has 0 radical (unpaired) electrons. The molecule has 0 saturated heterocycles. The van der Waals surface area contributed by atoms with Crippen LogP contribution in [0.5, 0.6) is 0 Å². The van der Waals surface area contributed by atoms with Crippen molar-refractivity contribution in [3.8, 4) is 0 Å². The van der Waals surface area contributed by atoms with Crippen molar-refractivity contribution in [1.82, 2.24) is 9.59 Å². The third-order valence-electron chi connectivity index (χ3n) is 4.59. The molecule has 2 heterocycles. The van der Waals surface area contributed by atoms with Crippen LogP contribution in [0.15, 0.2) is 48.5 Å². The van der Waals surface area contributed by atoms with Gasteiger partial charge in [-0.2, -0.15) is 0 Å². The Kier molecular flexibility index (Phi) is 4.68. The van der Waals surface area contributed by atoms with Gasteiger partial charge >= 0.3 is 0 Å². The molecule has 0 spiro atoms. The van der Waals surface area contributed by atoms with E-state index < -0.39 is 0 Å². The summed E-state index contributed by atoms with van der Waals surface area (Å²) in [6.45, 7) is 2.42. The highest BCUT2D eigenvalue weighted by Crippen LogP contribution is 2.31. The summed E-state index contributed by atoms with van der Waals surface area (Å²) in [4.78, 5) is 27.7. The molecule has 0 bridgehead atoms. The van der Waals surface area contributed by atoms with Crippen molar-refractivity contribution in [1.29, 1.82) is 0 Å². The average Bonchev–Trinajstić information content (AvgIpc) is 3.13. The van der Waals surface area contributed by atoms with Crippen molar-refractivity contribution in [3.05, 3.63) is 70.2 Å². The number of benzene rings is 2. The quantitative estimate of drug-likeness (QED) is 0.754. The number of fused-ring (bicyclic) bond motifs is 1.